The number of hydrogen-bond acceptors (Lipinski definition) is 6. The summed E-state index contributed by atoms with van der Waals surface area (Å²) in [4.78, 5) is 27.6. The topological polar surface area (TPSA) is 71.4 Å². The lowest BCUT2D eigenvalue weighted by atomic mass is 9.97. The lowest BCUT2D eigenvalue weighted by molar-refractivity contribution is -0.150. The standard InChI is InChI=1S/C26H30FN3O4/c1-3-34-26(32)19-7-6-14-29(16-19)17-25(31)30-24(21-8-4-5-9-22(21)27)15-23(28-30)18-10-12-20(33-2)13-11-18/h4-5,8-13,19,24H,3,6-7,14-17H2,1-2H3/t19-,24-/m1/s1. The van der Waals surface area contributed by atoms with Crippen LogP contribution in [0, 0.1) is 11.7 Å². The van der Waals surface area contributed by atoms with Crippen LogP contribution in [-0.2, 0) is 14.3 Å². The van der Waals surface area contributed by atoms with Crippen molar-refractivity contribution in [1.82, 2.24) is 9.91 Å². The number of carbonyl (C=O) groups excluding carboxylic acids is 2. The van der Waals surface area contributed by atoms with E-state index in [0.29, 0.717) is 30.8 Å². The highest BCUT2D eigenvalue weighted by molar-refractivity contribution is 6.03. The van der Waals surface area contributed by atoms with Crippen LogP contribution >= 0.6 is 0 Å². The number of benzene rings is 2. The number of hydrazone groups is 1. The first-order chi connectivity index (χ1) is 16.5. The molecule has 0 aromatic heterocycles. The van der Waals surface area contributed by atoms with Crippen LogP contribution in [0.1, 0.15) is 43.4 Å². The molecule has 180 valence electrons. The molecule has 7 nitrogen and oxygen atoms in total. The van der Waals surface area contributed by atoms with Crippen molar-refractivity contribution in [3.63, 3.8) is 0 Å². The van der Waals surface area contributed by atoms with E-state index in [2.05, 4.69) is 5.10 Å². The zero-order valence-electron chi connectivity index (χ0n) is 19.6. The van der Waals surface area contributed by atoms with E-state index in [9.17, 15) is 14.0 Å². The van der Waals surface area contributed by atoms with Crippen LogP contribution in [0.2, 0.25) is 0 Å². The van der Waals surface area contributed by atoms with Crippen molar-refractivity contribution < 1.29 is 23.5 Å². The molecule has 34 heavy (non-hydrogen) atoms. The van der Waals surface area contributed by atoms with Crippen molar-refractivity contribution in [2.45, 2.75) is 32.2 Å². The number of methoxy groups -OCH3 is 1. The molecule has 0 bridgehead atoms. The third-order valence-corrected chi connectivity index (χ3v) is 6.34. The molecule has 2 aromatic rings. The predicted molar refractivity (Wildman–Crippen MR) is 126 cm³/mol. The van der Waals surface area contributed by atoms with E-state index in [1.807, 2.05) is 29.2 Å². The molecule has 0 aliphatic carbocycles. The van der Waals surface area contributed by atoms with Crippen LogP contribution in [0.25, 0.3) is 0 Å². The summed E-state index contributed by atoms with van der Waals surface area (Å²) in [6.45, 7) is 3.43. The number of piperidine rings is 1. The van der Waals surface area contributed by atoms with E-state index in [0.717, 1.165) is 30.7 Å². The van der Waals surface area contributed by atoms with Gasteiger partial charge in [-0.1, -0.05) is 18.2 Å². The molecule has 1 fully saturated rings. The van der Waals surface area contributed by atoms with Crippen molar-refractivity contribution in [2.75, 3.05) is 33.4 Å². The van der Waals surface area contributed by atoms with Gasteiger partial charge in [0.25, 0.3) is 5.91 Å². The third-order valence-electron chi connectivity index (χ3n) is 6.34. The van der Waals surface area contributed by atoms with Crippen LogP contribution < -0.4 is 4.74 Å². The SMILES string of the molecule is CCOC(=O)[C@@H]1CCCN(CC(=O)N2N=C(c3ccc(OC)cc3)C[C@@H]2c2ccccc2F)C1. The van der Waals surface area contributed by atoms with Crippen molar-refractivity contribution in [2.24, 2.45) is 11.0 Å². The number of likely N-dealkylation sites (tertiary alicyclic amines) is 1. The Morgan fingerprint density at radius 3 is 2.62 bits per heavy atom. The molecule has 2 aliphatic rings. The quantitative estimate of drug-likeness (QED) is 0.580. The van der Waals surface area contributed by atoms with Gasteiger partial charge in [-0.25, -0.2) is 9.40 Å². The Bertz CT molecular complexity index is 1060. The average molecular weight is 468 g/mol. The Labute approximate surface area is 199 Å². The summed E-state index contributed by atoms with van der Waals surface area (Å²) in [7, 11) is 1.60. The highest BCUT2D eigenvalue weighted by Gasteiger charge is 2.36. The number of nitrogens with zero attached hydrogens (tertiary/aromatic N) is 3. The summed E-state index contributed by atoms with van der Waals surface area (Å²) in [5.41, 5.74) is 2.01. The first-order valence-electron chi connectivity index (χ1n) is 11.7. The van der Waals surface area contributed by atoms with Gasteiger partial charge in [0.05, 0.1) is 37.9 Å². The first kappa shape index (κ1) is 23.9. The van der Waals surface area contributed by atoms with Crippen molar-refractivity contribution in [1.29, 1.82) is 0 Å². The number of esters is 1. The first-order valence-corrected chi connectivity index (χ1v) is 11.7. The number of rotatable bonds is 7. The molecule has 1 amide bonds. The Kier molecular flexibility index (Phi) is 7.57. The summed E-state index contributed by atoms with van der Waals surface area (Å²) in [5, 5.41) is 6.05. The molecule has 0 radical (unpaired) electrons. The fourth-order valence-electron chi connectivity index (χ4n) is 4.60. The van der Waals surface area contributed by atoms with Crippen molar-refractivity contribution in [3.05, 3.63) is 65.5 Å². The molecule has 0 unspecified atom stereocenters. The molecule has 4 rings (SSSR count). The van der Waals surface area contributed by atoms with Gasteiger partial charge in [0.1, 0.15) is 11.6 Å². The summed E-state index contributed by atoms with van der Waals surface area (Å²) in [5.74, 6) is -0.314. The Morgan fingerprint density at radius 1 is 1.15 bits per heavy atom. The Morgan fingerprint density at radius 2 is 1.91 bits per heavy atom. The Hall–Kier alpha value is -3.26. The van der Waals surface area contributed by atoms with Crippen LogP contribution in [0.5, 0.6) is 5.75 Å². The number of halogens is 1. The van der Waals surface area contributed by atoms with E-state index in [-0.39, 0.29) is 30.2 Å². The number of ether oxygens (including phenoxy) is 2. The molecule has 2 aromatic carbocycles. The molecular formula is C26H30FN3O4. The summed E-state index contributed by atoms with van der Waals surface area (Å²) in [6, 6.07) is 13.4. The highest BCUT2D eigenvalue weighted by Crippen LogP contribution is 2.34. The second kappa shape index (κ2) is 10.8. The lowest BCUT2D eigenvalue weighted by Gasteiger charge is -2.32. The maximum Gasteiger partial charge on any atom is 0.310 e. The molecule has 2 aliphatic heterocycles. The van der Waals surface area contributed by atoms with Gasteiger partial charge in [0, 0.05) is 18.5 Å². The predicted octanol–water partition coefficient (Wildman–Crippen LogP) is 3.79. The molecule has 0 spiro atoms. The number of hydrogen-bond donors (Lipinski definition) is 0. The van der Waals surface area contributed by atoms with Crippen LogP contribution in [-0.4, -0.2) is 60.8 Å². The molecule has 2 heterocycles. The van der Waals surface area contributed by atoms with E-state index in [4.69, 9.17) is 9.47 Å². The van der Waals surface area contributed by atoms with E-state index >= 15 is 0 Å². The normalized spacial score (nSPS) is 20.7. The third kappa shape index (κ3) is 5.28. The lowest BCUT2D eigenvalue weighted by Crippen LogP contribution is -2.45. The van der Waals surface area contributed by atoms with Gasteiger partial charge in [-0.15, -0.1) is 0 Å². The van der Waals surface area contributed by atoms with E-state index in [1.54, 1.807) is 32.2 Å². The van der Waals surface area contributed by atoms with Gasteiger partial charge < -0.3 is 9.47 Å². The minimum atomic E-state index is -0.531. The van der Waals surface area contributed by atoms with Gasteiger partial charge in [-0.2, -0.15) is 5.10 Å². The van der Waals surface area contributed by atoms with Crippen LogP contribution in [0.4, 0.5) is 4.39 Å². The van der Waals surface area contributed by atoms with Crippen LogP contribution in [0.15, 0.2) is 53.6 Å². The maximum absolute atomic E-state index is 14.7. The van der Waals surface area contributed by atoms with Gasteiger partial charge >= 0.3 is 5.97 Å². The molecule has 0 N–H and O–H groups in total. The average Bonchev–Trinajstić information content (AvgIpc) is 3.30. The monoisotopic (exact) mass is 467 g/mol. The van der Waals surface area contributed by atoms with Crippen molar-refractivity contribution >= 4 is 17.6 Å². The largest absolute Gasteiger partial charge is 0.497 e. The second-order valence-electron chi connectivity index (χ2n) is 8.58. The maximum atomic E-state index is 14.7. The van der Waals surface area contributed by atoms with Gasteiger partial charge in [-0.05, 0) is 62.2 Å². The van der Waals surface area contributed by atoms with Gasteiger partial charge in [0.15, 0.2) is 0 Å². The minimum absolute atomic E-state index is 0.111. The number of carbonyl (C=O) groups is 2. The fourth-order valence-corrected chi connectivity index (χ4v) is 4.60. The van der Waals surface area contributed by atoms with E-state index < -0.39 is 6.04 Å². The highest BCUT2D eigenvalue weighted by atomic mass is 19.1. The van der Waals surface area contributed by atoms with Crippen LogP contribution in [0.3, 0.4) is 0 Å². The van der Waals surface area contributed by atoms with Crippen molar-refractivity contribution in [3.8, 4) is 5.75 Å². The Balaban J connectivity index is 1.55. The summed E-state index contributed by atoms with van der Waals surface area (Å²) < 4.78 is 25.1. The molecule has 1 saturated heterocycles. The summed E-state index contributed by atoms with van der Waals surface area (Å²) >= 11 is 0. The minimum Gasteiger partial charge on any atom is -0.497 e. The van der Waals surface area contributed by atoms with E-state index in [1.165, 1.54) is 11.1 Å². The smallest absolute Gasteiger partial charge is 0.310 e. The zero-order chi connectivity index (χ0) is 24.1. The summed E-state index contributed by atoms with van der Waals surface area (Å²) in [6.07, 6.45) is 1.98. The van der Waals surface area contributed by atoms with Gasteiger partial charge in [-0.3, -0.25) is 14.5 Å². The zero-order valence-corrected chi connectivity index (χ0v) is 19.6. The number of amides is 1. The van der Waals surface area contributed by atoms with Gasteiger partial charge in [0.2, 0.25) is 0 Å². The fraction of sp³-hybridized carbons (Fsp3) is 0.423. The molecular weight excluding hydrogens is 437 g/mol. The second-order valence-corrected chi connectivity index (χ2v) is 8.58. The molecule has 8 heteroatoms. The molecule has 2 atom stereocenters. The molecule has 0 saturated carbocycles.